The maximum Gasteiger partial charge on any atom is 0.460 e. The van der Waals surface area contributed by atoms with Crippen LogP contribution in [0.15, 0.2) is 0 Å². The number of ether oxygens (including phenoxy) is 1. The van der Waals surface area contributed by atoms with Crippen molar-refractivity contribution < 1.29 is 53.0 Å². The quantitative estimate of drug-likeness (QED) is 0.700. The molecular formula is C7H4F11O. The topological polar surface area (TPSA) is 9.23 Å². The number of hydrogen-bond acceptors (Lipinski definition) is 1. The molecule has 0 rings (SSSR count). The average Bonchev–Trinajstić information content (AvgIpc) is 2.14. The fourth-order valence-corrected chi connectivity index (χ4v) is 0.824. The third kappa shape index (κ3) is 2.58. The monoisotopic (exact) mass is 313 g/mol. The van der Waals surface area contributed by atoms with Gasteiger partial charge in [-0.1, -0.05) is 0 Å². The summed E-state index contributed by atoms with van der Waals surface area (Å²) in [5.74, 6) is -27.8. The Hall–Kier alpha value is -0.810. The number of alkyl halides is 11. The van der Waals surface area contributed by atoms with Crippen LogP contribution in [0.2, 0.25) is 0 Å². The molecule has 0 spiro atoms. The van der Waals surface area contributed by atoms with Gasteiger partial charge >= 0.3 is 29.9 Å². The van der Waals surface area contributed by atoms with Crippen molar-refractivity contribution in [3.63, 3.8) is 0 Å². The third-order valence-electron chi connectivity index (χ3n) is 1.89. The molecule has 0 aromatic carbocycles. The van der Waals surface area contributed by atoms with Gasteiger partial charge in [0.15, 0.2) is 0 Å². The van der Waals surface area contributed by atoms with Gasteiger partial charge in [-0.05, 0) is 0 Å². The summed E-state index contributed by atoms with van der Waals surface area (Å²) in [5, 5.41) is 0. The molecule has 0 saturated carbocycles. The van der Waals surface area contributed by atoms with E-state index in [9.17, 15) is 48.3 Å². The lowest BCUT2D eigenvalue weighted by Crippen LogP contribution is -2.67. The molecular weight excluding hydrogens is 309 g/mol. The molecule has 0 aliphatic carbocycles. The summed E-state index contributed by atoms with van der Waals surface area (Å²) >= 11 is 0. The highest BCUT2D eigenvalue weighted by Gasteiger charge is 2.87. The summed E-state index contributed by atoms with van der Waals surface area (Å²) in [6, 6.07) is 0. The normalized spacial score (nSPS) is 15.8. The first kappa shape index (κ1) is 18.2. The third-order valence-corrected chi connectivity index (χ3v) is 1.89. The zero-order chi connectivity index (χ0) is 15.9. The molecule has 0 amide bonds. The largest absolute Gasteiger partial charge is 0.460 e. The summed E-state index contributed by atoms with van der Waals surface area (Å²) in [6.45, 7) is -2.58. The van der Waals surface area contributed by atoms with Crippen LogP contribution in [0.4, 0.5) is 48.3 Å². The van der Waals surface area contributed by atoms with Gasteiger partial charge in [0.25, 0.3) is 0 Å². The van der Waals surface area contributed by atoms with Gasteiger partial charge < -0.3 is 4.74 Å². The van der Waals surface area contributed by atoms with Gasteiger partial charge in [-0.3, -0.25) is 0 Å². The maximum atomic E-state index is 12.6. The van der Waals surface area contributed by atoms with Crippen LogP contribution in [0.3, 0.4) is 0 Å². The highest BCUT2D eigenvalue weighted by Crippen LogP contribution is 2.57. The molecule has 0 N–H and O–H groups in total. The SMILES string of the molecule is [CH2]OCC(F)(F)C(F)(F)C(F)(F)C(F)(F)C(F)(F)F. The molecule has 12 heteroatoms. The molecule has 0 aromatic heterocycles. The molecule has 0 aromatic rings. The lowest BCUT2D eigenvalue weighted by atomic mass is 9.98. The predicted molar refractivity (Wildman–Crippen MR) is 37.2 cm³/mol. The van der Waals surface area contributed by atoms with E-state index >= 15 is 0 Å². The summed E-state index contributed by atoms with van der Waals surface area (Å²) in [6.07, 6.45) is -7.15. The van der Waals surface area contributed by atoms with Crippen LogP contribution in [-0.4, -0.2) is 36.5 Å². The van der Waals surface area contributed by atoms with Crippen molar-refractivity contribution in [3.8, 4) is 0 Å². The Kier molecular flexibility index (Phi) is 4.43. The highest BCUT2D eigenvalue weighted by atomic mass is 19.4. The van der Waals surface area contributed by atoms with Crippen molar-refractivity contribution in [1.29, 1.82) is 0 Å². The Balaban J connectivity index is 5.77. The van der Waals surface area contributed by atoms with E-state index < -0.39 is 36.5 Å². The van der Waals surface area contributed by atoms with Gasteiger partial charge in [0.05, 0.1) is 7.11 Å². The van der Waals surface area contributed by atoms with Crippen molar-refractivity contribution in [1.82, 2.24) is 0 Å². The molecule has 0 bridgehead atoms. The summed E-state index contributed by atoms with van der Waals surface area (Å²) in [5.41, 5.74) is 0. The first-order chi connectivity index (χ1) is 8.06. The van der Waals surface area contributed by atoms with Gasteiger partial charge in [-0.2, -0.15) is 48.3 Å². The van der Waals surface area contributed by atoms with Crippen molar-refractivity contribution in [2.24, 2.45) is 0 Å². The second kappa shape index (κ2) is 4.63. The van der Waals surface area contributed by atoms with E-state index in [-0.39, 0.29) is 0 Å². The predicted octanol–water partition coefficient (Wildman–Crippen LogP) is 3.90. The summed E-state index contributed by atoms with van der Waals surface area (Å²) < 4.78 is 138. The number of rotatable bonds is 5. The zero-order valence-corrected chi connectivity index (χ0v) is 8.48. The van der Waals surface area contributed by atoms with E-state index in [0.29, 0.717) is 0 Å². The molecule has 1 nitrogen and oxygen atoms in total. The summed E-state index contributed by atoms with van der Waals surface area (Å²) in [4.78, 5) is 0. The molecule has 0 atom stereocenters. The van der Waals surface area contributed by atoms with Gasteiger partial charge in [0, 0.05) is 0 Å². The Morgan fingerprint density at radius 3 is 1.26 bits per heavy atom. The minimum absolute atomic E-state index is 2.11. The number of hydrogen-bond donors (Lipinski definition) is 0. The Labute approximate surface area is 97.9 Å². The molecule has 0 aliphatic rings. The summed E-state index contributed by atoms with van der Waals surface area (Å²) in [7, 11) is 2.11. The molecule has 0 saturated heterocycles. The fourth-order valence-electron chi connectivity index (χ4n) is 0.824. The van der Waals surface area contributed by atoms with Crippen LogP contribution in [0.25, 0.3) is 0 Å². The van der Waals surface area contributed by atoms with Crippen molar-refractivity contribution in [2.75, 3.05) is 6.61 Å². The lowest BCUT2D eigenvalue weighted by molar-refractivity contribution is -0.424. The Bertz CT molecular complexity index is 317. The Morgan fingerprint density at radius 2 is 1.00 bits per heavy atom. The molecule has 0 fully saturated rings. The molecule has 19 heavy (non-hydrogen) atoms. The van der Waals surface area contributed by atoms with E-state index in [2.05, 4.69) is 11.8 Å². The van der Waals surface area contributed by atoms with Crippen LogP contribution in [0.1, 0.15) is 0 Å². The van der Waals surface area contributed by atoms with Crippen LogP contribution in [0, 0.1) is 7.11 Å². The second-order valence-electron chi connectivity index (χ2n) is 3.27. The van der Waals surface area contributed by atoms with E-state index in [1.807, 2.05) is 0 Å². The van der Waals surface area contributed by atoms with Crippen LogP contribution in [0.5, 0.6) is 0 Å². The first-order valence-electron chi connectivity index (χ1n) is 4.01. The van der Waals surface area contributed by atoms with Crippen molar-refractivity contribution >= 4 is 0 Å². The maximum absolute atomic E-state index is 12.6. The van der Waals surface area contributed by atoms with E-state index in [0.717, 1.165) is 0 Å². The van der Waals surface area contributed by atoms with E-state index in [1.165, 1.54) is 0 Å². The van der Waals surface area contributed by atoms with Crippen LogP contribution < -0.4 is 0 Å². The van der Waals surface area contributed by atoms with E-state index in [4.69, 9.17) is 0 Å². The van der Waals surface area contributed by atoms with Gasteiger partial charge in [0.2, 0.25) is 0 Å². The minimum Gasteiger partial charge on any atom is -0.373 e. The standard InChI is InChI=1S/C7H4F11O/c1-19-2-3(8,9)4(10,11)5(12,13)6(14,15)7(16,17)18/h1-2H2. The molecule has 115 valence electrons. The smallest absolute Gasteiger partial charge is 0.373 e. The van der Waals surface area contributed by atoms with Crippen molar-refractivity contribution in [3.05, 3.63) is 7.11 Å². The molecule has 0 aliphatic heterocycles. The molecule has 0 unspecified atom stereocenters. The van der Waals surface area contributed by atoms with Gasteiger partial charge in [-0.25, -0.2) is 0 Å². The van der Waals surface area contributed by atoms with Crippen molar-refractivity contribution in [2.45, 2.75) is 29.9 Å². The van der Waals surface area contributed by atoms with E-state index in [1.54, 1.807) is 0 Å². The van der Waals surface area contributed by atoms with Gasteiger partial charge in [-0.15, -0.1) is 0 Å². The average molecular weight is 313 g/mol. The highest BCUT2D eigenvalue weighted by molar-refractivity contribution is 5.06. The van der Waals surface area contributed by atoms with Gasteiger partial charge in [0.1, 0.15) is 6.61 Å². The Morgan fingerprint density at radius 1 is 0.632 bits per heavy atom. The number of halogens is 11. The molecule has 1 radical (unpaired) electrons. The van der Waals surface area contributed by atoms with Crippen LogP contribution in [-0.2, 0) is 4.74 Å². The minimum atomic E-state index is -7.39. The zero-order valence-electron chi connectivity index (χ0n) is 8.48. The lowest BCUT2D eigenvalue weighted by Gasteiger charge is -2.36. The molecule has 0 heterocycles. The fraction of sp³-hybridized carbons (Fsp3) is 0.857. The van der Waals surface area contributed by atoms with Crippen LogP contribution >= 0.6 is 0 Å². The first-order valence-corrected chi connectivity index (χ1v) is 4.01. The second-order valence-corrected chi connectivity index (χ2v) is 3.27.